The number of amides is 1. The molecule has 3 heterocycles. The summed E-state index contributed by atoms with van der Waals surface area (Å²) in [5.41, 5.74) is 2.31. The minimum absolute atomic E-state index is 0.0593. The fraction of sp³-hybridized carbons (Fsp3) is 0.304. The Balaban J connectivity index is 1.69. The molecule has 0 saturated carbocycles. The molecule has 0 radical (unpaired) electrons. The zero-order valence-electron chi connectivity index (χ0n) is 16.9. The minimum Gasteiger partial charge on any atom is -0.342 e. The summed E-state index contributed by atoms with van der Waals surface area (Å²) in [4.78, 5) is 27.7. The highest BCUT2D eigenvalue weighted by Crippen LogP contribution is 2.29. The quantitative estimate of drug-likeness (QED) is 0.675. The number of nitrogens with zero attached hydrogens (tertiary/aromatic N) is 4. The number of nitrogens with one attached hydrogen (secondary N) is 1. The van der Waals surface area contributed by atoms with E-state index in [-0.39, 0.29) is 17.6 Å². The molecule has 30 heavy (non-hydrogen) atoms. The van der Waals surface area contributed by atoms with E-state index in [1.165, 1.54) is 12.1 Å². The number of halogens is 1. The van der Waals surface area contributed by atoms with Gasteiger partial charge in [-0.1, -0.05) is 13.0 Å². The van der Waals surface area contributed by atoms with Crippen LogP contribution >= 0.6 is 0 Å². The van der Waals surface area contributed by atoms with Gasteiger partial charge in [0.05, 0.1) is 5.69 Å². The van der Waals surface area contributed by atoms with E-state index in [2.05, 4.69) is 10.3 Å². The largest absolute Gasteiger partial charge is 0.342 e. The lowest BCUT2D eigenvalue weighted by atomic mass is 9.96. The molecular weight excluding hydrogens is 381 g/mol. The van der Waals surface area contributed by atoms with Crippen LogP contribution in [-0.4, -0.2) is 38.8 Å². The number of likely N-dealkylation sites (tertiary alicyclic amines) is 1. The van der Waals surface area contributed by atoms with Crippen LogP contribution in [0.5, 0.6) is 0 Å². The van der Waals surface area contributed by atoms with Gasteiger partial charge >= 0.3 is 0 Å². The summed E-state index contributed by atoms with van der Waals surface area (Å²) in [5, 5.41) is 3.19. The van der Waals surface area contributed by atoms with Gasteiger partial charge in [-0.05, 0) is 43.2 Å². The van der Waals surface area contributed by atoms with Crippen LogP contribution in [0.15, 0.2) is 54.9 Å². The lowest BCUT2D eigenvalue weighted by Crippen LogP contribution is -2.39. The smallest absolute Gasteiger partial charge is 0.222 e. The average molecular weight is 405 g/mol. The predicted octanol–water partition coefficient (Wildman–Crippen LogP) is 4.54. The van der Waals surface area contributed by atoms with E-state index >= 15 is 0 Å². The van der Waals surface area contributed by atoms with Crippen molar-refractivity contribution in [3.05, 3.63) is 66.5 Å². The van der Waals surface area contributed by atoms with Crippen molar-refractivity contribution in [2.75, 3.05) is 18.4 Å². The molecule has 1 atom stereocenters. The van der Waals surface area contributed by atoms with Gasteiger partial charge in [0.2, 0.25) is 5.91 Å². The number of carbonyl (C=O) groups is 1. The number of rotatable bonds is 5. The van der Waals surface area contributed by atoms with Crippen LogP contribution < -0.4 is 5.32 Å². The van der Waals surface area contributed by atoms with Gasteiger partial charge in [0.1, 0.15) is 17.5 Å². The maximum absolute atomic E-state index is 13.6. The number of carbonyl (C=O) groups excluding carboxylic acids is 1. The molecule has 0 bridgehead atoms. The van der Waals surface area contributed by atoms with E-state index in [0.29, 0.717) is 30.3 Å². The molecule has 0 unspecified atom stereocenters. The Morgan fingerprint density at radius 3 is 2.80 bits per heavy atom. The molecule has 1 N–H and O–H groups in total. The topological polar surface area (TPSA) is 71.0 Å². The van der Waals surface area contributed by atoms with E-state index in [0.717, 1.165) is 30.6 Å². The van der Waals surface area contributed by atoms with Gasteiger partial charge in [0.25, 0.3) is 0 Å². The first kappa shape index (κ1) is 19.9. The first-order chi connectivity index (χ1) is 14.6. The molecule has 1 fully saturated rings. The number of hydrogen-bond donors (Lipinski definition) is 1. The zero-order valence-corrected chi connectivity index (χ0v) is 16.9. The minimum atomic E-state index is -0.315. The van der Waals surface area contributed by atoms with Gasteiger partial charge < -0.3 is 10.2 Å². The van der Waals surface area contributed by atoms with Crippen LogP contribution in [0.3, 0.4) is 0 Å². The molecule has 0 aliphatic carbocycles. The fourth-order valence-electron chi connectivity index (χ4n) is 3.74. The summed E-state index contributed by atoms with van der Waals surface area (Å²) in [6.45, 7) is 3.28. The van der Waals surface area contributed by atoms with Gasteiger partial charge in [-0.3, -0.25) is 9.78 Å². The van der Waals surface area contributed by atoms with Gasteiger partial charge in [-0.2, -0.15) is 0 Å². The van der Waals surface area contributed by atoms with E-state index in [1.54, 1.807) is 24.5 Å². The summed E-state index contributed by atoms with van der Waals surface area (Å²) in [6.07, 6.45) is 5.79. The van der Waals surface area contributed by atoms with E-state index in [9.17, 15) is 9.18 Å². The normalized spacial score (nSPS) is 16.3. The van der Waals surface area contributed by atoms with E-state index in [1.807, 2.05) is 30.0 Å². The number of hydrogen-bond acceptors (Lipinski definition) is 5. The molecular formula is C23H24FN5O. The lowest BCUT2D eigenvalue weighted by molar-refractivity contribution is -0.132. The number of benzene rings is 1. The standard InChI is InChI=1S/C23H24FN5O/c1-2-22(30)29-12-4-5-17(15-29)23-27-20(16-8-10-25-11-9-16)14-21(28-23)26-19-7-3-6-18(24)13-19/h3,6-11,13-14,17H,2,4-5,12,15H2,1H3,(H,26,27,28)/t17-/m0/s1. The molecule has 2 aromatic heterocycles. The SMILES string of the molecule is CCC(=O)N1CCC[C@H](c2nc(Nc3cccc(F)c3)cc(-c3ccncc3)n2)C1. The van der Waals surface area contributed by atoms with E-state index < -0.39 is 0 Å². The first-order valence-electron chi connectivity index (χ1n) is 10.2. The zero-order chi connectivity index (χ0) is 20.9. The second-order valence-corrected chi connectivity index (χ2v) is 7.40. The van der Waals surface area contributed by atoms with Crippen LogP contribution in [-0.2, 0) is 4.79 Å². The van der Waals surface area contributed by atoms with Crippen LogP contribution in [0.2, 0.25) is 0 Å². The molecule has 1 amide bonds. The molecule has 3 aromatic rings. The number of anilines is 2. The van der Waals surface area contributed by atoms with Crippen molar-refractivity contribution >= 4 is 17.4 Å². The van der Waals surface area contributed by atoms with Gasteiger partial charge in [0, 0.05) is 55.1 Å². The Morgan fingerprint density at radius 1 is 1.20 bits per heavy atom. The van der Waals surface area contributed by atoms with Crippen LogP contribution in [0.1, 0.15) is 37.9 Å². The fourth-order valence-corrected chi connectivity index (χ4v) is 3.74. The van der Waals surface area contributed by atoms with E-state index in [4.69, 9.17) is 9.97 Å². The molecule has 7 heteroatoms. The Labute approximate surface area is 175 Å². The van der Waals surface area contributed by atoms with Crippen molar-refractivity contribution in [3.63, 3.8) is 0 Å². The summed E-state index contributed by atoms with van der Waals surface area (Å²) in [7, 11) is 0. The molecule has 4 rings (SSSR count). The summed E-state index contributed by atoms with van der Waals surface area (Å²) >= 11 is 0. The second kappa shape index (κ2) is 8.98. The summed E-state index contributed by atoms with van der Waals surface area (Å²) in [5.74, 6) is 1.19. The highest BCUT2D eigenvalue weighted by atomic mass is 19.1. The van der Waals surface area contributed by atoms with Crippen molar-refractivity contribution < 1.29 is 9.18 Å². The molecule has 1 saturated heterocycles. The average Bonchev–Trinajstić information content (AvgIpc) is 2.79. The molecule has 1 aromatic carbocycles. The molecule has 6 nitrogen and oxygen atoms in total. The maximum Gasteiger partial charge on any atom is 0.222 e. The molecule has 154 valence electrons. The van der Waals surface area contributed by atoms with Crippen molar-refractivity contribution in [2.45, 2.75) is 32.1 Å². The Bertz CT molecular complexity index is 1030. The second-order valence-electron chi connectivity index (χ2n) is 7.40. The number of pyridine rings is 1. The number of aromatic nitrogens is 3. The first-order valence-corrected chi connectivity index (χ1v) is 10.2. The number of piperidine rings is 1. The van der Waals surface area contributed by atoms with Crippen LogP contribution in [0.4, 0.5) is 15.9 Å². The van der Waals surface area contributed by atoms with Crippen LogP contribution in [0.25, 0.3) is 11.3 Å². The summed E-state index contributed by atoms with van der Waals surface area (Å²) < 4.78 is 13.6. The van der Waals surface area contributed by atoms with Crippen molar-refractivity contribution in [1.29, 1.82) is 0 Å². The highest BCUT2D eigenvalue weighted by Gasteiger charge is 2.26. The van der Waals surface area contributed by atoms with Crippen molar-refractivity contribution in [1.82, 2.24) is 19.9 Å². The third kappa shape index (κ3) is 4.62. The monoisotopic (exact) mass is 405 g/mol. The molecule has 0 spiro atoms. The third-order valence-electron chi connectivity index (χ3n) is 5.26. The Hall–Kier alpha value is -3.35. The van der Waals surface area contributed by atoms with Gasteiger partial charge in [0.15, 0.2) is 0 Å². The highest BCUT2D eigenvalue weighted by molar-refractivity contribution is 5.76. The molecule has 1 aliphatic rings. The van der Waals surface area contributed by atoms with Gasteiger partial charge in [-0.25, -0.2) is 14.4 Å². The Kier molecular flexibility index (Phi) is 5.97. The third-order valence-corrected chi connectivity index (χ3v) is 5.26. The lowest BCUT2D eigenvalue weighted by Gasteiger charge is -2.32. The Morgan fingerprint density at radius 2 is 2.03 bits per heavy atom. The van der Waals surface area contributed by atoms with Crippen LogP contribution in [0, 0.1) is 5.82 Å². The predicted molar refractivity (Wildman–Crippen MR) is 114 cm³/mol. The van der Waals surface area contributed by atoms with Crippen molar-refractivity contribution in [2.24, 2.45) is 0 Å². The maximum atomic E-state index is 13.6. The van der Waals surface area contributed by atoms with Crippen molar-refractivity contribution in [3.8, 4) is 11.3 Å². The molecule has 1 aliphatic heterocycles. The van der Waals surface area contributed by atoms with Gasteiger partial charge in [-0.15, -0.1) is 0 Å². The summed E-state index contributed by atoms with van der Waals surface area (Å²) in [6, 6.07) is 11.9.